The van der Waals surface area contributed by atoms with Crippen LogP contribution in [0, 0.1) is 0 Å². The van der Waals surface area contributed by atoms with Gasteiger partial charge in [-0.3, -0.25) is 0 Å². The molecule has 2 N–H and O–H groups in total. The van der Waals surface area contributed by atoms with Gasteiger partial charge in [-0.15, -0.1) is 0 Å². The highest BCUT2D eigenvalue weighted by Gasteiger charge is 2.14. The molecule has 0 spiro atoms. The van der Waals surface area contributed by atoms with E-state index in [1.807, 2.05) is 30.3 Å². The average molecular weight is 296 g/mol. The van der Waals surface area contributed by atoms with Crippen LogP contribution in [0.4, 0.5) is 10.5 Å². The van der Waals surface area contributed by atoms with E-state index in [1.165, 1.54) is 32.1 Å². The van der Waals surface area contributed by atoms with Crippen molar-refractivity contribution >= 4 is 22.5 Å². The lowest BCUT2D eigenvalue weighted by Gasteiger charge is -2.21. The number of rotatable bonds is 2. The molecule has 0 bridgehead atoms. The van der Waals surface area contributed by atoms with Gasteiger partial charge in [-0.2, -0.15) is 0 Å². The molecule has 0 heterocycles. The van der Waals surface area contributed by atoms with Crippen LogP contribution in [0.5, 0.6) is 0 Å². The van der Waals surface area contributed by atoms with Gasteiger partial charge in [-0.25, -0.2) is 4.79 Å². The summed E-state index contributed by atoms with van der Waals surface area (Å²) >= 11 is 0. The van der Waals surface area contributed by atoms with Gasteiger partial charge in [-0.1, -0.05) is 68.5 Å². The molecule has 0 radical (unpaired) electrons. The Bertz CT molecular complexity index is 625. The van der Waals surface area contributed by atoms with Crippen molar-refractivity contribution in [2.75, 3.05) is 5.32 Å². The maximum absolute atomic E-state index is 12.3. The highest BCUT2D eigenvalue weighted by molar-refractivity contribution is 6.01. The number of benzene rings is 2. The number of amides is 2. The van der Waals surface area contributed by atoms with E-state index in [0.29, 0.717) is 6.04 Å². The van der Waals surface area contributed by atoms with Gasteiger partial charge < -0.3 is 10.6 Å². The number of urea groups is 1. The van der Waals surface area contributed by atoms with Gasteiger partial charge in [0.05, 0.1) is 5.69 Å². The van der Waals surface area contributed by atoms with Gasteiger partial charge in [0.15, 0.2) is 0 Å². The normalized spacial score (nSPS) is 16.7. The lowest BCUT2D eigenvalue weighted by Crippen LogP contribution is -2.38. The van der Waals surface area contributed by atoms with E-state index >= 15 is 0 Å². The first-order valence-corrected chi connectivity index (χ1v) is 8.38. The summed E-state index contributed by atoms with van der Waals surface area (Å²) in [6, 6.07) is 14.4. The molecule has 22 heavy (non-hydrogen) atoms. The zero-order valence-corrected chi connectivity index (χ0v) is 13.0. The second kappa shape index (κ2) is 7.30. The fourth-order valence-corrected chi connectivity index (χ4v) is 3.28. The minimum atomic E-state index is -0.0815. The van der Waals surface area contributed by atoms with E-state index in [9.17, 15) is 4.79 Å². The van der Waals surface area contributed by atoms with Gasteiger partial charge in [0.2, 0.25) is 0 Å². The summed E-state index contributed by atoms with van der Waals surface area (Å²) in [5.41, 5.74) is 0.876. The van der Waals surface area contributed by atoms with Gasteiger partial charge in [0.1, 0.15) is 0 Å². The molecule has 3 nitrogen and oxygen atoms in total. The van der Waals surface area contributed by atoms with Crippen molar-refractivity contribution < 1.29 is 4.79 Å². The topological polar surface area (TPSA) is 41.1 Å². The third kappa shape index (κ3) is 3.79. The standard InChI is InChI=1S/C19H24N2O/c22-19(20-16-11-4-2-1-3-5-12-16)21-18-14-8-10-15-9-6-7-13-17(15)18/h6-10,13-14,16H,1-5,11-12H2,(H2,20,21,22). The monoisotopic (exact) mass is 296 g/mol. The van der Waals surface area contributed by atoms with Crippen LogP contribution >= 0.6 is 0 Å². The molecule has 0 aromatic heterocycles. The molecule has 1 fully saturated rings. The Labute approximate surface area is 132 Å². The molecule has 0 atom stereocenters. The molecule has 116 valence electrons. The maximum Gasteiger partial charge on any atom is 0.319 e. The summed E-state index contributed by atoms with van der Waals surface area (Å²) in [5.74, 6) is 0. The van der Waals surface area contributed by atoms with Crippen LogP contribution in [-0.2, 0) is 0 Å². The van der Waals surface area contributed by atoms with Crippen LogP contribution in [-0.4, -0.2) is 12.1 Å². The molecule has 2 aromatic carbocycles. The van der Waals surface area contributed by atoms with Crippen LogP contribution in [0.25, 0.3) is 10.8 Å². The van der Waals surface area contributed by atoms with E-state index in [2.05, 4.69) is 22.8 Å². The molecule has 2 aromatic rings. The van der Waals surface area contributed by atoms with Gasteiger partial charge in [-0.05, 0) is 24.3 Å². The van der Waals surface area contributed by atoms with Crippen LogP contribution in [0.15, 0.2) is 42.5 Å². The smallest absolute Gasteiger partial charge is 0.319 e. The Balaban J connectivity index is 1.65. The van der Waals surface area contributed by atoms with Crippen molar-refractivity contribution in [2.24, 2.45) is 0 Å². The van der Waals surface area contributed by atoms with Crippen LogP contribution in [0.3, 0.4) is 0 Å². The molecule has 1 saturated carbocycles. The van der Waals surface area contributed by atoms with Crippen molar-refractivity contribution in [3.8, 4) is 0 Å². The first-order chi connectivity index (χ1) is 10.8. The van der Waals surface area contributed by atoms with E-state index in [-0.39, 0.29) is 6.03 Å². The predicted octanol–water partition coefficient (Wildman–Crippen LogP) is 5.07. The highest BCUT2D eigenvalue weighted by atomic mass is 16.2. The Hall–Kier alpha value is -2.03. The fraction of sp³-hybridized carbons (Fsp3) is 0.421. The van der Waals surface area contributed by atoms with Crippen molar-refractivity contribution in [1.29, 1.82) is 0 Å². The molecule has 0 saturated heterocycles. The number of nitrogens with one attached hydrogen (secondary N) is 2. The van der Waals surface area contributed by atoms with E-state index in [4.69, 9.17) is 0 Å². The minimum Gasteiger partial charge on any atom is -0.335 e. The molecule has 3 rings (SSSR count). The Kier molecular flexibility index (Phi) is 4.94. The molecule has 1 aliphatic rings. The lowest BCUT2D eigenvalue weighted by atomic mass is 9.97. The number of carbonyl (C=O) groups excluding carboxylic acids is 1. The zero-order valence-electron chi connectivity index (χ0n) is 13.0. The predicted molar refractivity (Wildman–Crippen MR) is 92.2 cm³/mol. The summed E-state index contributed by atoms with van der Waals surface area (Å²) in [6.07, 6.45) is 8.57. The molecule has 0 aliphatic heterocycles. The third-order valence-electron chi connectivity index (χ3n) is 4.48. The first-order valence-electron chi connectivity index (χ1n) is 8.38. The second-order valence-corrected chi connectivity index (χ2v) is 6.17. The number of hydrogen-bond donors (Lipinski definition) is 2. The first kappa shape index (κ1) is 14.9. The molecule has 0 unspecified atom stereocenters. The van der Waals surface area contributed by atoms with E-state index in [0.717, 1.165) is 29.3 Å². The van der Waals surface area contributed by atoms with E-state index in [1.54, 1.807) is 0 Å². The quantitative estimate of drug-likeness (QED) is 0.797. The Morgan fingerprint density at radius 1 is 0.864 bits per heavy atom. The Morgan fingerprint density at radius 3 is 2.36 bits per heavy atom. The van der Waals surface area contributed by atoms with Gasteiger partial charge in [0.25, 0.3) is 0 Å². The molecular formula is C19H24N2O. The second-order valence-electron chi connectivity index (χ2n) is 6.17. The maximum atomic E-state index is 12.3. The number of hydrogen-bond acceptors (Lipinski definition) is 1. The number of fused-ring (bicyclic) bond motifs is 1. The minimum absolute atomic E-state index is 0.0815. The van der Waals surface area contributed by atoms with Crippen molar-refractivity contribution in [3.63, 3.8) is 0 Å². The summed E-state index contributed by atoms with van der Waals surface area (Å²) in [5, 5.41) is 8.39. The summed E-state index contributed by atoms with van der Waals surface area (Å²) in [7, 11) is 0. The van der Waals surface area contributed by atoms with Crippen LogP contribution in [0.2, 0.25) is 0 Å². The average Bonchev–Trinajstić information content (AvgIpc) is 2.50. The van der Waals surface area contributed by atoms with Crippen molar-refractivity contribution in [3.05, 3.63) is 42.5 Å². The van der Waals surface area contributed by atoms with Gasteiger partial charge in [0, 0.05) is 11.4 Å². The summed E-state index contributed by atoms with van der Waals surface area (Å²) in [4.78, 5) is 12.3. The molecular weight excluding hydrogens is 272 g/mol. The SMILES string of the molecule is O=C(Nc1cccc2ccccc12)NC1CCCCCCC1. The lowest BCUT2D eigenvalue weighted by molar-refractivity contribution is 0.245. The number of carbonyl (C=O) groups is 1. The molecule has 2 amide bonds. The molecule has 1 aliphatic carbocycles. The third-order valence-corrected chi connectivity index (χ3v) is 4.48. The number of anilines is 1. The van der Waals surface area contributed by atoms with E-state index < -0.39 is 0 Å². The zero-order chi connectivity index (χ0) is 15.2. The van der Waals surface area contributed by atoms with Crippen molar-refractivity contribution in [2.45, 2.75) is 51.0 Å². The Morgan fingerprint density at radius 2 is 1.55 bits per heavy atom. The summed E-state index contributed by atoms with van der Waals surface area (Å²) in [6.45, 7) is 0. The van der Waals surface area contributed by atoms with Gasteiger partial charge >= 0.3 is 6.03 Å². The van der Waals surface area contributed by atoms with Crippen LogP contribution in [0.1, 0.15) is 44.9 Å². The largest absolute Gasteiger partial charge is 0.335 e. The fourth-order valence-electron chi connectivity index (χ4n) is 3.28. The molecule has 3 heteroatoms. The highest BCUT2D eigenvalue weighted by Crippen LogP contribution is 2.23. The van der Waals surface area contributed by atoms with Crippen molar-refractivity contribution in [1.82, 2.24) is 5.32 Å². The van der Waals surface area contributed by atoms with Crippen LogP contribution < -0.4 is 10.6 Å². The summed E-state index contributed by atoms with van der Waals surface area (Å²) < 4.78 is 0.